The Morgan fingerprint density at radius 3 is 2.16 bits per heavy atom. The lowest BCUT2D eigenvalue weighted by molar-refractivity contribution is 0.101. The number of halogens is 3. The number of benzene rings is 3. The van der Waals surface area contributed by atoms with Crippen LogP contribution in [0.5, 0.6) is 5.75 Å². The molecule has 0 aliphatic heterocycles. The van der Waals surface area contributed by atoms with Gasteiger partial charge in [0.05, 0.1) is 12.0 Å². The van der Waals surface area contributed by atoms with Gasteiger partial charge in [0, 0.05) is 16.4 Å². The molecule has 32 heavy (non-hydrogen) atoms. The van der Waals surface area contributed by atoms with Crippen LogP contribution in [0.15, 0.2) is 59.5 Å². The molecule has 0 bridgehead atoms. The van der Waals surface area contributed by atoms with Crippen LogP contribution in [0.25, 0.3) is 0 Å². The monoisotopic (exact) mass is 477 g/mol. The van der Waals surface area contributed by atoms with Gasteiger partial charge >= 0.3 is 6.03 Å². The topological polar surface area (TPSA) is 79.5 Å². The maximum atomic E-state index is 13.7. The highest BCUT2D eigenvalue weighted by atomic mass is 35.5. The Morgan fingerprint density at radius 1 is 0.969 bits per heavy atom. The summed E-state index contributed by atoms with van der Waals surface area (Å²) in [7, 11) is 1.52. The van der Waals surface area contributed by atoms with E-state index in [0.717, 1.165) is 29.6 Å². The summed E-state index contributed by atoms with van der Waals surface area (Å²) in [5.74, 6) is -2.26. The number of nitrogens with one attached hydrogen (secondary N) is 3. The predicted octanol–water partition coefficient (Wildman–Crippen LogP) is 6.02. The molecule has 166 valence electrons. The first-order chi connectivity index (χ1) is 15.3. The van der Waals surface area contributed by atoms with Crippen LogP contribution in [0.2, 0.25) is 5.02 Å². The van der Waals surface area contributed by atoms with Crippen molar-refractivity contribution in [2.45, 2.75) is 11.8 Å². The van der Waals surface area contributed by atoms with Crippen LogP contribution in [-0.2, 0) is 0 Å². The molecule has 3 aromatic carbocycles. The third kappa shape index (κ3) is 5.68. The van der Waals surface area contributed by atoms with Crippen molar-refractivity contribution in [3.05, 3.63) is 82.4 Å². The van der Waals surface area contributed by atoms with Gasteiger partial charge in [0.1, 0.15) is 22.9 Å². The maximum absolute atomic E-state index is 13.7. The number of ether oxygens (including phenoxy) is 1. The van der Waals surface area contributed by atoms with E-state index in [1.54, 1.807) is 12.1 Å². The molecule has 0 heterocycles. The fraction of sp³-hybridized carbons (Fsp3) is 0.0909. The van der Waals surface area contributed by atoms with Crippen molar-refractivity contribution in [3.63, 3.8) is 0 Å². The molecule has 0 saturated heterocycles. The molecule has 3 N–H and O–H groups in total. The van der Waals surface area contributed by atoms with Gasteiger partial charge in [-0.2, -0.15) is 0 Å². The summed E-state index contributed by atoms with van der Waals surface area (Å²) in [5, 5.41) is 5.59. The van der Waals surface area contributed by atoms with E-state index < -0.39 is 29.1 Å². The van der Waals surface area contributed by atoms with E-state index in [9.17, 15) is 18.4 Å². The van der Waals surface area contributed by atoms with Gasteiger partial charge in [-0.05, 0) is 73.0 Å². The van der Waals surface area contributed by atoms with Crippen molar-refractivity contribution in [2.24, 2.45) is 0 Å². The summed E-state index contributed by atoms with van der Waals surface area (Å²) in [6.07, 6.45) is 0. The molecule has 0 saturated carbocycles. The fourth-order valence-electron chi connectivity index (χ4n) is 2.68. The third-order valence-electron chi connectivity index (χ3n) is 4.29. The first-order valence-corrected chi connectivity index (χ1v) is 10.4. The summed E-state index contributed by atoms with van der Waals surface area (Å²) in [5.41, 5.74) is 0.920. The van der Waals surface area contributed by atoms with E-state index in [4.69, 9.17) is 16.3 Å². The molecule has 0 aliphatic rings. The molecular formula is C22H18ClF2N3O3S. The van der Waals surface area contributed by atoms with Gasteiger partial charge in [0.25, 0.3) is 5.91 Å². The molecule has 0 aromatic heterocycles. The van der Waals surface area contributed by atoms with Crippen LogP contribution in [0, 0.1) is 18.6 Å². The molecule has 6 nitrogen and oxygen atoms in total. The second-order valence-electron chi connectivity index (χ2n) is 6.54. The highest BCUT2D eigenvalue weighted by Gasteiger charge is 2.17. The number of carbonyl (C=O) groups excluding carboxylic acids is 2. The van der Waals surface area contributed by atoms with Crippen LogP contribution in [-0.4, -0.2) is 19.0 Å². The van der Waals surface area contributed by atoms with Crippen molar-refractivity contribution in [1.82, 2.24) is 4.72 Å². The summed E-state index contributed by atoms with van der Waals surface area (Å²) >= 11 is 7.16. The largest absolute Gasteiger partial charge is 0.496 e. The van der Waals surface area contributed by atoms with Crippen molar-refractivity contribution >= 4 is 46.9 Å². The SMILES string of the molecule is COc1cc(C)c(Cl)cc1SNC(=O)Nc1ccc(NC(=O)c2c(F)cccc2F)cc1. The van der Waals surface area contributed by atoms with E-state index in [1.807, 2.05) is 6.92 Å². The zero-order valence-corrected chi connectivity index (χ0v) is 18.5. The smallest absolute Gasteiger partial charge is 0.329 e. The van der Waals surface area contributed by atoms with Crippen molar-refractivity contribution in [1.29, 1.82) is 0 Å². The zero-order valence-electron chi connectivity index (χ0n) is 17.0. The minimum atomic E-state index is -0.957. The van der Waals surface area contributed by atoms with Gasteiger partial charge in [0.2, 0.25) is 0 Å². The van der Waals surface area contributed by atoms with E-state index >= 15 is 0 Å². The fourth-order valence-corrected chi connectivity index (χ4v) is 3.58. The summed E-state index contributed by atoms with van der Waals surface area (Å²) in [6.45, 7) is 1.85. The van der Waals surface area contributed by atoms with Crippen molar-refractivity contribution in [3.8, 4) is 5.75 Å². The highest BCUT2D eigenvalue weighted by Crippen LogP contribution is 2.32. The summed E-state index contributed by atoms with van der Waals surface area (Å²) in [4.78, 5) is 25.0. The molecule has 0 radical (unpaired) electrons. The van der Waals surface area contributed by atoms with Crippen LogP contribution >= 0.6 is 23.5 Å². The second kappa shape index (κ2) is 10.3. The molecule has 3 rings (SSSR count). The Bertz CT molecular complexity index is 1140. The number of anilines is 2. The average molecular weight is 478 g/mol. The minimum Gasteiger partial charge on any atom is -0.496 e. The number of urea groups is 1. The number of hydrogen-bond acceptors (Lipinski definition) is 4. The molecule has 0 atom stereocenters. The van der Waals surface area contributed by atoms with Gasteiger partial charge in [-0.25, -0.2) is 13.6 Å². The van der Waals surface area contributed by atoms with Crippen LogP contribution in [0.3, 0.4) is 0 Å². The van der Waals surface area contributed by atoms with E-state index in [0.29, 0.717) is 27.0 Å². The average Bonchev–Trinajstić information content (AvgIpc) is 2.75. The minimum absolute atomic E-state index is 0.303. The number of carbonyl (C=O) groups is 2. The number of aryl methyl sites for hydroxylation is 1. The molecule has 10 heteroatoms. The van der Waals surface area contributed by atoms with Gasteiger partial charge in [0.15, 0.2) is 0 Å². The molecule has 0 aliphatic carbocycles. The first-order valence-electron chi connectivity index (χ1n) is 9.22. The zero-order chi connectivity index (χ0) is 23.3. The first kappa shape index (κ1) is 23.4. The molecule has 3 aromatic rings. The van der Waals surface area contributed by atoms with Gasteiger partial charge in [-0.3, -0.25) is 9.52 Å². The summed E-state index contributed by atoms with van der Waals surface area (Å²) < 4.78 is 35.4. The number of amides is 3. The van der Waals surface area contributed by atoms with Crippen molar-refractivity contribution in [2.75, 3.05) is 17.7 Å². The van der Waals surface area contributed by atoms with E-state index in [1.165, 1.54) is 37.4 Å². The number of methoxy groups -OCH3 is 1. The maximum Gasteiger partial charge on any atom is 0.329 e. The highest BCUT2D eigenvalue weighted by molar-refractivity contribution is 7.98. The van der Waals surface area contributed by atoms with Gasteiger partial charge in [-0.15, -0.1) is 0 Å². The Labute approximate surface area is 192 Å². The Kier molecular flexibility index (Phi) is 7.55. The molecule has 3 amide bonds. The number of hydrogen-bond donors (Lipinski definition) is 3. The van der Waals surface area contributed by atoms with Crippen molar-refractivity contribution < 1.29 is 23.1 Å². The molecule has 0 fully saturated rings. The Balaban J connectivity index is 1.58. The van der Waals surface area contributed by atoms with Gasteiger partial charge < -0.3 is 15.4 Å². The van der Waals surface area contributed by atoms with Gasteiger partial charge in [-0.1, -0.05) is 17.7 Å². The second-order valence-corrected chi connectivity index (χ2v) is 7.79. The van der Waals surface area contributed by atoms with Crippen LogP contribution in [0.1, 0.15) is 15.9 Å². The number of rotatable bonds is 6. The molecule has 0 unspecified atom stereocenters. The lowest BCUT2D eigenvalue weighted by Gasteiger charge is -2.12. The van der Waals surface area contributed by atoms with E-state index in [2.05, 4.69) is 15.4 Å². The summed E-state index contributed by atoms with van der Waals surface area (Å²) in [6, 6.07) is 12.2. The third-order valence-corrected chi connectivity index (χ3v) is 5.52. The lowest BCUT2D eigenvalue weighted by atomic mass is 10.1. The normalized spacial score (nSPS) is 10.4. The standard InChI is InChI=1S/C22H18ClF2N3O3S/c1-12-10-18(31-2)19(11-15(12)23)32-28-22(30)27-14-8-6-13(7-9-14)26-21(29)20-16(24)4-3-5-17(20)25/h3-11H,1-2H3,(H,26,29)(H2,27,28,30). The Morgan fingerprint density at radius 2 is 1.56 bits per heavy atom. The lowest BCUT2D eigenvalue weighted by Crippen LogP contribution is -2.22. The molecule has 0 spiro atoms. The molecular weight excluding hydrogens is 460 g/mol. The van der Waals surface area contributed by atoms with Crippen LogP contribution < -0.4 is 20.1 Å². The van der Waals surface area contributed by atoms with E-state index in [-0.39, 0.29) is 0 Å². The predicted molar refractivity (Wildman–Crippen MR) is 122 cm³/mol. The van der Waals surface area contributed by atoms with Crippen LogP contribution in [0.4, 0.5) is 25.0 Å². The Hall–Kier alpha value is -3.30. The quantitative estimate of drug-likeness (QED) is 0.379.